The summed E-state index contributed by atoms with van der Waals surface area (Å²) in [6, 6.07) is 11.1. The number of nitrogens with one attached hydrogen (secondary N) is 1. The van der Waals surface area contributed by atoms with Crippen molar-refractivity contribution in [2.24, 2.45) is 0 Å². The standard InChI is InChI=1S/C22H26FN3O3S/c1-16-6-11-20(23)21(14-16)25-12-2-4-17(15-25)24-30(28,29)19-9-7-18(8-10-19)26-13-3-5-22(26)27/h6-11,14,17,24H,2-5,12-13,15H2,1H3. The Kier molecular flexibility index (Phi) is 5.79. The molecule has 0 bridgehead atoms. The molecule has 1 amide bonds. The maximum atomic E-state index is 14.3. The normalized spacial score (nSPS) is 20.1. The fourth-order valence-electron chi connectivity index (χ4n) is 4.17. The molecule has 0 spiro atoms. The van der Waals surface area contributed by atoms with E-state index in [0.717, 1.165) is 24.1 Å². The number of hydrogen-bond acceptors (Lipinski definition) is 4. The van der Waals surface area contributed by atoms with Gasteiger partial charge in [0.2, 0.25) is 15.9 Å². The average molecular weight is 432 g/mol. The summed E-state index contributed by atoms with van der Waals surface area (Å²) in [6.07, 6.45) is 2.82. The van der Waals surface area contributed by atoms with Crippen molar-refractivity contribution in [3.63, 3.8) is 0 Å². The molecule has 160 valence electrons. The molecule has 6 nitrogen and oxygen atoms in total. The van der Waals surface area contributed by atoms with Crippen molar-refractivity contribution in [2.75, 3.05) is 29.4 Å². The van der Waals surface area contributed by atoms with Gasteiger partial charge in [-0.3, -0.25) is 4.79 Å². The Morgan fingerprint density at radius 3 is 2.53 bits per heavy atom. The zero-order valence-corrected chi connectivity index (χ0v) is 17.8. The molecular formula is C22H26FN3O3S. The molecule has 1 N–H and O–H groups in total. The van der Waals surface area contributed by atoms with Crippen molar-refractivity contribution in [3.8, 4) is 0 Å². The second-order valence-corrected chi connectivity index (χ2v) is 9.72. The molecule has 2 fully saturated rings. The zero-order valence-electron chi connectivity index (χ0n) is 17.0. The maximum Gasteiger partial charge on any atom is 0.240 e. The van der Waals surface area contributed by atoms with Gasteiger partial charge < -0.3 is 9.80 Å². The van der Waals surface area contributed by atoms with Crippen molar-refractivity contribution in [2.45, 2.75) is 43.5 Å². The monoisotopic (exact) mass is 431 g/mol. The number of rotatable bonds is 5. The summed E-state index contributed by atoms with van der Waals surface area (Å²) >= 11 is 0. The van der Waals surface area contributed by atoms with Crippen LogP contribution in [-0.4, -0.2) is 40.0 Å². The first kappa shape index (κ1) is 20.8. The smallest absolute Gasteiger partial charge is 0.240 e. The predicted octanol–water partition coefficient (Wildman–Crippen LogP) is 3.21. The van der Waals surface area contributed by atoms with Crippen molar-refractivity contribution in [1.29, 1.82) is 0 Å². The Morgan fingerprint density at radius 2 is 1.83 bits per heavy atom. The number of halogens is 1. The van der Waals surface area contributed by atoms with Gasteiger partial charge >= 0.3 is 0 Å². The van der Waals surface area contributed by atoms with Crippen LogP contribution in [0.2, 0.25) is 0 Å². The van der Waals surface area contributed by atoms with E-state index in [1.54, 1.807) is 29.2 Å². The molecule has 2 aromatic carbocycles. The highest BCUT2D eigenvalue weighted by atomic mass is 32.2. The summed E-state index contributed by atoms with van der Waals surface area (Å²) in [7, 11) is -3.71. The van der Waals surface area contributed by atoms with Crippen LogP contribution in [0, 0.1) is 12.7 Å². The maximum absolute atomic E-state index is 14.3. The largest absolute Gasteiger partial charge is 0.368 e. The summed E-state index contributed by atoms with van der Waals surface area (Å²) in [4.78, 5) is 15.6. The van der Waals surface area contributed by atoms with Crippen LogP contribution in [0.5, 0.6) is 0 Å². The Labute approximate surface area is 176 Å². The van der Waals surface area contributed by atoms with Crippen molar-refractivity contribution in [1.82, 2.24) is 4.72 Å². The van der Waals surface area contributed by atoms with Crippen LogP contribution in [0.15, 0.2) is 47.4 Å². The second kappa shape index (κ2) is 8.35. The van der Waals surface area contributed by atoms with Crippen molar-refractivity contribution >= 4 is 27.3 Å². The average Bonchev–Trinajstić information content (AvgIpc) is 3.16. The lowest BCUT2D eigenvalue weighted by Crippen LogP contribution is -2.48. The Morgan fingerprint density at radius 1 is 1.07 bits per heavy atom. The molecule has 0 saturated carbocycles. The number of sulfonamides is 1. The van der Waals surface area contributed by atoms with E-state index in [0.29, 0.717) is 38.2 Å². The third-order valence-electron chi connectivity index (χ3n) is 5.72. The van der Waals surface area contributed by atoms with Gasteiger partial charge in [0.05, 0.1) is 10.6 Å². The van der Waals surface area contributed by atoms with E-state index in [4.69, 9.17) is 0 Å². The number of piperidine rings is 1. The fraction of sp³-hybridized carbons (Fsp3) is 0.409. The lowest BCUT2D eigenvalue weighted by atomic mass is 10.1. The van der Waals surface area contributed by atoms with Gasteiger partial charge in [-0.2, -0.15) is 0 Å². The number of carbonyl (C=O) groups is 1. The Bertz CT molecular complexity index is 1040. The van der Waals surface area contributed by atoms with Crippen LogP contribution in [0.1, 0.15) is 31.2 Å². The fourth-order valence-corrected chi connectivity index (χ4v) is 5.43. The highest BCUT2D eigenvalue weighted by Crippen LogP contribution is 2.26. The third-order valence-corrected chi connectivity index (χ3v) is 7.25. The first-order chi connectivity index (χ1) is 14.3. The summed E-state index contributed by atoms with van der Waals surface area (Å²) in [5.41, 5.74) is 2.19. The van der Waals surface area contributed by atoms with Crippen LogP contribution in [0.4, 0.5) is 15.8 Å². The lowest BCUT2D eigenvalue weighted by Gasteiger charge is -2.35. The molecule has 1 atom stereocenters. The molecule has 8 heteroatoms. The van der Waals surface area contributed by atoms with Crippen molar-refractivity contribution in [3.05, 3.63) is 53.8 Å². The van der Waals surface area contributed by atoms with Gasteiger partial charge in [0.25, 0.3) is 0 Å². The molecule has 2 aliphatic heterocycles. The third kappa shape index (κ3) is 4.34. The molecule has 0 aliphatic carbocycles. The van der Waals surface area contributed by atoms with Gasteiger partial charge in [-0.1, -0.05) is 6.07 Å². The molecule has 2 aliphatic rings. The van der Waals surface area contributed by atoms with Gasteiger partial charge in [0.15, 0.2) is 0 Å². The molecule has 0 radical (unpaired) electrons. The molecule has 2 heterocycles. The van der Waals surface area contributed by atoms with E-state index in [9.17, 15) is 17.6 Å². The summed E-state index contributed by atoms with van der Waals surface area (Å²) in [6.45, 7) is 3.68. The number of aryl methyl sites for hydroxylation is 1. The van der Waals surface area contributed by atoms with E-state index in [2.05, 4.69) is 4.72 Å². The second-order valence-electron chi connectivity index (χ2n) is 8.00. The van der Waals surface area contributed by atoms with Gasteiger partial charge in [0, 0.05) is 37.8 Å². The van der Waals surface area contributed by atoms with E-state index in [-0.39, 0.29) is 22.7 Å². The Hall–Kier alpha value is -2.45. The van der Waals surface area contributed by atoms with Crippen LogP contribution in [-0.2, 0) is 14.8 Å². The van der Waals surface area contributed by atoms with Crippen LogP contribution in [0.25, 0.3) is 0 Å². The molecule has 2 saturated heterocycles. The first-order valence-electron chi connectivity index (χ1n) is 10.3. The number of nitrogens with zero attached hydrogens (tertiary/aromatic N) is 2. The highest BCUT2D eigenvalue weighted by Gasteiger charge is 2.27. The summed E-state index contributed by atoms with van der Waals surface area (Å²) in [5.74, 6) is -0.231. The molecule has 1 unspecified atom stereocenters. The van der Waals surface area contributed by atoms with E-state index in [1.165, 1.54) is 18.2 Å². The minimum atomic E-state index is -3.71. The van der Waals surface area contributed by atoms with Gasteiger partial charge in [-0.25, -0.2) is 17.5 Å². The minimum Gasteiger partial charge on any atom is -0.368 e. The quantitative estimate of drug-likeness (QED) is 0.789. The highest BCUT2D eigenvalue weighted by molar-refractivity contribution is 7.89. The predicted molar refractivity (Wildman–Crippen MR) is 115 cm³/mol. The Balaban J connectivity index is 1.46. The summed E-state index contributed by atoms with van der Waals surface area (Å²) in [5, 5.41) is 0. The molecule has 30 heavy (non-hydrogen) atoms. The number of amides is 1. The van der Waals surface area contributed by atoms with E-state index < -0.39 is 10.0 Å². The van der Waals surface area contributed by atoms with Crippen LogP contribution in [0.3, 0.4) is 0 Å². The molecular weight excluding hydrogens is 405 g/mol. The first-order valence-corrected chi connectivity index (χ1v) is 11.8. The summed E-state index contributed by atoms with van der Waals surface area (Å²) < 4.78 is 42.8. The SMILES string of the molecule is Cc1ccc(F)c(N2CCCC(NS(=O)(=O)c3ccc(N4CCCC4=O)cc3)C2)c1. The van der Waals surface area contributed by atoms with E-state index >= 15 is 0 Å². The molecule has 0 aromatic heterocycles. The topological polar surface area (TPSA) is 69.7 Å². The number of benzene rings is 2. The van der Waals surface area contributed by atoms with Crippen LogP contribution >= 0.6 is 0 Å². The molecule has 2 aromatic rings. The molecule has 4 rings (SSSR count). The van der Waals surface area contributed by atoms with Gasteiger partial charge in [0.1, 0.15) is 5.82 Å². The zero-order chi connectivity index (χ0) is 21.3. The lowest BCUT2D eigenvalue weighted by molar-refractivity contribution is -0.117. The minimum absolute atomic E-state index is 0.0643. The number of anilines is 2. The van der Waals surface area contributed by atoms with Gasteiger partial charge in [-0.15, -0.1) is 0 Å². The van der Waals surface area contributed by atoms with Crippen LogP contribution < -0.4 is 14.5 Å². The number of hydrogen-bond donors (Lipinski definition) is 1. The van der Waals surface area contributed by atoms with E-state index in [1.807, 2.05) is 11.8 Å². The van der Waals surface area contributed by atoms with Gasteiger partial charge in [-0.05, 0) is 68.1 Å². The number of carbonyl (C=O) groups excluding carboxylic acids is 1. The van der Waals surface area contributed by atoms with Crippen molar-refractivity contribution < 1.29 is 17.6 Å².